The first-order valence-corrected chi connectivity index (χ1v) is 9.36. The average Bonchev–Trinajstić information content (AvgIpc) is 2.49. The predicted molar refractivity (Wildman–Crippen MR) is 92.8 cm³/mol. The summed E-state index contributed by atoms with van der Waals surface area (Å²) in [5.41, 5.74) is 3.02. The van der Waals surface area contributed by atoms with Crippen LogP contribution in [0.2, 0.25) is 0 Å². The Morgan fingerprint density at radius 3 is 2.36 bits per heavy atom. The van der Waals surface area contributed by atoms with Crippen molar-refractivity contribution in [2.75, 3.05) is 13.1 Å². The molecule has 0 atom stereocenters. The van der Waals surface area contributed by atoms with Gasteiger partial charge in [0.2, 0.25) is 15.9 Å². The Labute approximate surface area is 147 Å². The van der Waals surface area contributed by atoms with E-state index in [2.05, 4.69) is 4.98 Å². The van der Waals surface area contributed by atoms with Crippen molar-refractivity contribution in [3.63, 3.8) is 0 Å². The molecule has 1 aliphatic rings. The van der Waals surface area contributed by atoms with Gasteiger partial charge in [-0.1, -0.05) is 17.7 Å². The van der Waals surface area contributed by atoms with Gasteiger partial charge in [0, 0.05) is 12.3 Å². The number of ether oxygens (including phenoxy) is 1. The van der Waals surface area contributed by atoms with Crippen molar-refractivity contribution in [3.05, 3.63) is 52.7 Å². The minimum Gasteiger partial charge on any atom is -0.472 e. The molecule has 0 spiro atoms. The molecular weight excluding hydrogens is 338 g/mol. The van der Waals surface area contributed by atoms with Gasteiger partial charge in [-0.3, -0.25) is 0 Å². The minimum absolute atomic E-state index is 0.235. The highest BCUT2D eigenvalue weighted by molar-refractivity contribution is 7.89. The molecule has 0 saturated carbocycles. The Hall–Kier alpha value is -2.43. The van der Waals surface area contributed by atoms with E-state index in [9.17, 15) is 8.42 Å². The first-order chi connectivity index (χ1) is 11.8. The Morgan fingerprint density at radius 1 is 1.20 bits per heavy atom. The van der Waals surface area contributed by atoms with Gasteiger partial charge in [0.15, 0.2) is 0 Å². The Kier molecular flexibility index (Phi) is 4.50. The zero-order valence-electron chi connectivity index (χ0n) is 14.4. The Morgan fingerprint density at radius 2 is 1.84 bits per heavy atom. The van der Waals surface area contributed by atoms with Gasteiger partial charge in [0.1, 0.15) is 12.2 Å². The number of rotatable bonds is 4. The fraction of sp³-hybridized carbons (Fsp3) is 0.333. The highest BCUT2D eigenvalue weighted by Crippen LogP contribution is 2.29. The smallest absolute Gasteiger partial charge is 0.243 e. The van der Waals surface area contributed by atoms with E-state index < -0.39 is 10.0 Å². The number of benzene rings is 1. The number of nitrogens with zero attached hydrogens (tertiary/aromatic N) is 3. The van der Waals surface area contributed by atoms with Crippen molar-refractivity contribution in [1.82, 2.24) is 9.29 Å². The fourth-order valence-corrected chi connectivity index (χ4v) is 4.98. The van der Waals surface area contributed by atoms with Gasteiger partial charge in [-0.25, -0.2) is 13.4 Å². The standard InChI is InChI=1S/C18H19N3O3S/c1-12-6-13(2)18(14(3)7-12)25(22,23)21-10-16(11-21)24-17-5-4-15(8-19)9-20-17/h4-7,9,16H,10-11H2,1-3H3. The third-order valence-electron chi connectivity index (χ3n) is 4.17. The lowest BCUT2D eigenvalue weighted by Gasteiger charge is -2.38. The van der Waals surface area contributed by atoms with Crippen LogP contribution >= 0.6 is 0 Å². The van der Waals surface area contributed by atoms with Crippen molar-refractivity contribution in [1.29, 1.82) is 5.26 Å². The maximum Gasteiger partial charge on any atom is 0.243 e. The molecule has 0 aliphatic carbocycles. The Bertz CT molecular complexity index is 918. The molecule has 0 amide bonds. The van der Waals surface area contributed by atoms with E-state index in [1.54, 1.807) is 12.1 Å². The summed E-state index contributed by atoms with van der Waals surface area (Å²) in [7, 11) is -3.53. The normalized spacial score (nSPS) is 15.4. The topological polar surface area (TPSA) is 83.3 Å². The van der Waals surface area contributed by atoms with E-state index in [-0.39, 0.29) is 19.2 Å². The number of hydrogen-bond donors (Lipinski definition) is 0. The lowest BCUT2D eigenvalue weighted by molar-refractivity contribution is 0.0720. The zero-order valence-corrected chi connectivity index (χ0v) is 15.2. The molecule has 0 radical (unpaired) electrons. The van der Waals surface area contributed by atoms with Gasteiger partial charge in [0.05, 0.1) is 23.5 Å². The number of hydrogen-bond acceptors (Lipinski definition) is 5. The zero-order chi connectivity index (χ0) is 18.2. The molecule has 130 valence electrons. The molecule has 0 bridgehead atoms. The number of pyridine rings is 1. The van der Waals surface area contributed by atoms with Crippen molar-refractivity contribution >= 4 is 10.0 Å². The summed E-state index contributed by atoms with van der Waals surface area (Å²) in [6.07, 6.45) is 1.20. The van der Waals surface area contributed by atoms with Gasteiger partial charge >= 0.3 is 0 Å². The van der Waals surface area contributed by atoms with Crippen LogP contribution in [0.1, 0.15) is 22.3 Å². The highest BCUT2D eigenvalue weighted by atomic mass is 32.2. The van der Waals surface area contributed by atoms with Gasteiger partial charge < -0.3 is 4.74 Å². The SMILES string of the molecule is Cc1cc(C)c(S(=O)(=O)N2CC(Oc3ccc(C#N)cn3)C2)c(C)c1. The lowest BCUT2D eigenvalue weighted by Crippen LogP contribution is -2.56. The van der Waals surface area contributed by atoms with Crippen LogP contribution < -0.4 is 4.74 Å². The summed E-state index contributed by atoms with van der Waals surface area (Å²) in [5, 5.41) is 8.76. The third kappa shape index (κ3) is 3.36. The van der Waals surface area contributed by atoms with Gasteiger partial charge in [-0.05, 0) is 38.0 Å². The number of aromatic nitrogens is 1. The third-order valence-corrected chi connectivity index (χ3v) is 6.31. The van der Waals surface area contributed by atoms with E-state index in [0.29, 0.717) is 16.3 Å². The molecule has 7 heteroatoms. The number of nitriles is 1. The van der Waals surface area contributed by atoms with Crippen LogP contribution in [0, 0.1) is 32.1 Å². The predicted octanol–water partition coefficient (Wildman–Crippen LogP) is 2.33. The molecule has 1 aromatic heterocycles. The minimum atomic E-state index is -3.53. The maximum absolute atomic E-state index is 12.9. The molecule has 0 unspecified atom stereocenters. The number of sulfonamides is 1. The molecule has 1 fully saturated rings. The second-order valence-corrected chi connectivity index (χ2v) is 8.16. The Balaban J connectivity index is 1.70. The summed E-state index contributed by atoms with van der Waals surface area (Å²) < 4.78 is 32.8. The van der Waals surface area contributed by atoms with Crippen molar-refractivity contribution in [2.24, 2.45) is 0 Å². The highest BCUT2D eigenvalue weighted by Gasteiger charge is 2.39. The maximum atomic E-state index is 12.9. The van der Waals surface area contributed by atoms with Crippen LogP contribution in [-0.2, 0) is 10.0 Å². The van der Waals surface area contributed by atoms with Crippen molar-refractivity contribution < 1.29 is 13.2 Å². The van der Waals surface area contributed by atoms with Gasteiger partial charge in [-0.2, -0.15) is 9.57 Å². The molecule has 2 heterocycles. The fourth-order valence-electron chi connectivity index (χ4n) is 3.06. The van der Waals surface area contributed by atoms with E-state index in [1.165, 1.54) is 10.5 Å². The second-order valence-electron chi connectivity index (χ2n) is 6.29. The molecule has 2 aromatic rings. The number of aryl methyl sites for hydroxylation is 3. The summed E-state index contributed by atoms with van der Waals surface area (Å²) in [4.78, 5) is 4.42. The first kappa shape index (κ1) is 17.4. The lowest BCUT2D eigenvalue weighted by atomic mass is 10.1. The molecule has 3 rings (SSSR count). The van der Waals surface area contributed by atoms with Gasteiger partial charge in [0.25, 0.3) is 0 Å². The molecule has 1 saturated heterocycles. The monoisotopic (exact) mass is 357 g/mol. The average molecular weight is 357 g/mol. The molecule has 1 aromatic carbocycles. The quantitative estimate of drug-likeness (QED) is 0.838. The molecule has 1 aliphatic heterocycles. The summed E-state index contributed by atoms with van der Waals surface area (Å²) in [6, 6.07) is 8.99. The van der Waals surface area contributed by atoms with Crippen LogP contribution in [0.25, 0.3) is 0 Å². The summed E-state index contributed by atoms with van der Waals surface area (Å²) in [5.74, 6) is 0.392. The molecule has 0 N–H and O–H groups in total. The van der Waals surface area contributed by atoms with Crippen LogP contribution in [0.15, 0.2) is 35.4 Å². The summed E-state index contributed by atoms with van der Waals surface area (Å²) in [6.45, 7) is 6.17. The van der Waals surface area contributed by atoms with Crippen LogP contribution in [0.3, 0.4) is 0 Å². The largest absolute Gasteiger partial charge is 0.472 e. The van der Waals surface area contributed by atoms with E-state index >= 15 is 0 Å². The molecule has 6 nitrogen and oxygen atoms in total. The molecule has 25 heavy (non-hydrogen) atoms. The van der Waals surface area contributed by atoms with Crippen LogP contribution in [-0.4, -0.2) is 36.9 Å². The van der Waals surface area contributed by atoms with Crippen LogP contribution in [0.4, 0.5) is 0 Å². The summed E-state index contributed by atoms with van der Waals surface area (Å²) >= 11 is 0. The van der Waals surface area contributed by atoms with E-state index in [1.807, 2.05) is 39.0 Å². The van der Waals surface area contributed by atoms with Crippen molar-refractivity contribution in [2.45, 2.75) is 31.8 Å². The first-order valence-electron chi connectivity index (χ1n) is 7.92. The van der Waals surface area contributed by atoms with Crippen molar-refractivity contribution in [3.8, 4) is 11.9 Å². The van der Waals surface area contributed by atoms with E-state index in [4.69, 9.17) is 10.00 Å². The van der Waals surface area contributed by atoms with Gasteiger partial charge in [-0.15, -0.1) is 0 Å². The molecular formula is C18H19N3O3S. The van der Waals surface area contributed by atoms with E-state index in [0.717, 1.165) is 16.7 Å². The second kappa shape index (κ2) is 6.47. The van der Waals surface area contributed by atoms with Crippen LogP contribution in [0.5, 0.6) is 5.88 Å².